The highest BCUT2D eigenvalue weighted by Gasteiger charge is 2.43. The molecule has 1 aromatic heterocycles. The largest absolute Gasteiger partial charge is 0.456 e. The summed E-state index contributed by atoms with van der Waals surface area (Å²) >= 11 is 0. The summed E-state index contributed by atoms with van der Waals surface area (Å²) in [7, 11) is 0. The molecule has 0 aliphatic heterocycles. The van der Waals surface area contributed by atoms with Crippen LogP contribution in [0.5, 0.6) is 0 Å². The minimum absolute atomic E-state index is 0.0405. The molecule has 2 atom stereocenters. The fourth-order valence-electron chi connectivity index (χ4n) is 10.1. The molecule has 0 spiro atoms. The second-order valence-electron chi connectivity index (χ2n) is 15.5. The van der Waals surface area contributed by atoms with Crippen LogP contribution in [0.15, 0.2) is 149 Å². The second kappa shape index (κ2) is 10.3. The number of benzene rings is 6. The molecule has 0 fully saturated rings. The highest BCUT2D eigenvalue weighted by molar-refractivity contribution is 6.16. The zero-order valence-corrected chi connectivity index (χ0v) is 28.6. The lowest BCUT2D eigenvalue weighted by atomic mass is 9.74. The van der Waals surface area contributed by atoms with Gasteiger partial charge in [0.2, 0.25) is 0 Å². The standard InChI is InChI=1S/C49H38O/c1-49(2)43-22-21-32(24-40(43)41-25-33-26-42-35-13-9-10-18-45(35)50-46(42)28-34(33)27-44(41)49)48-38-16-7-5-14-36(38)47(37-15-6-8-17-39(37)48)31-20-19-29-11-3-4-12-30(29)23-31/h3,5-11,13-22,25-28,30,40H,4,12,23-24H2,1-2H3. The van der Waals surface area contributed by atoms with E-state index in [4.69, 9.17) is 4.42 Å². The fraction of sp³-hybridized carbons (Fsp3) is 0.184. The van der Waals surface area contributed by atoms with Gasteiger partial charge in [0.05, 0.1) is 0 Å². The van der Waals surface area contributed by atoms with Gasteiger partial charge in [-0.25, -0.2) is 0 Å². The predicted octanol–water partition coefficient (Wildman–Crippen LogP) is 13.5. The number of hydrogen-bond acceptors (Lipinski definition) is 1. The van der Waals surface area contributed by atoms with Gasteiger partial charge in [-0.2, -0.15) is 0 Å². The molecule has 0 amide bonds. The van der Waals surface area contributed by atoms with E-state index in [1.807, 2.05) is 0 Å². The Morgan fingerprint density at radius 3 is 1.98 bits per heavy atom. The van der Waals surface area contributed by atoms with Gasteiger partial charge in [-0.05, 0) is 127 Å². The number of para-hydroxylation sites is 1. The predicted molar refractivity (Wildman–Crippen MR) is 212 cm³/mol. The van der Waals surface area contributed by atoms with E-state index in [9.17, 15) is 0 Å². The molecule has 6 aromatic carbocycles. The monoisotopic (exact) mass is 642 g/mol. The third-order valence-electron chi connectivity index (χ3n) is 12.5. The normalized spacial score (nSPS) is 20.8. The minimum atomic E-state index is -0.0405. The van der Waals surface area contributed by atoms with E-state index in [1.54, 1.807) is 0 Å². The maximum atomic E-state index is 6.30. The summed E-state index contributed by atoms with van der Waals surface area (Å²) in [5.41, 5.74) is 13.6. The average Bonchev–Trinajstić information content (AvgIpc) is 3.62. The van der Waals surface area contributed by atoms with Crippen LogP contribution in [0.2, 0.25) is 0 Å². The summed E-state index contributed by atoms with van der Waals surface area (Å²) < 4.78 is 6.30. The van der Waals surface area contributed by atoms with Crippen LogP contribution >= 0.6 is 0 Å². The smallest absolute Gasteiger partial charge is 0.136 e. The second-order valence-corrected chi connectivity index (χ2v) is 15.5. The van der Waals surface area contributed by atoms with Crippen LogP contribution in [0.4, 0.5) is 0 Å². The SMILES string of the molecule is CC1(C)C2=CC=C(c3c4ccccc4c(C4=CC=C5C=CCCC5C4)c4ccccc34)CC2c2cc3cc4c(cc3cc21)oc1ccccc14. The summed E-state index contributed by atoms with van der Waals surface area (Å²) in [5.74, 6) is 0.967. The fourth-order valence-corrected chi connectivity index (χ4v) is 10.1. The van der Waals surface area contributed by atoms with E-state index >= 15 is 0 Å². The molecule has 0 N–H and O–H groups in total. The van der Waals surface area contributed by atoms with Crippen molar-refractivity contribution < 1.29 is 4.42 Å². The first-order valence-corrected chi connectivity index (χ1v) is 18.3. The molecule has 0 saturated heterocycles. The summed E-state index contributed by atoms with van der Waals surface area (Å²) in [5, 5.41) is 10.4. The molecular formula is C49H38O. The van der Waals surface area contributed by atoms with Crippen molar-refractivity contribution in [1.82, 2.24) is 0 Å². The number of rotatable bonds is 2. The minimum Gasteiger partial charge on any atom is -0.456 e. The Labute approximate surface area is 292 Å². The van der Waals surface area contributed by atoms with Gasteiger partial charge in [-0.3, -0.25) is 0 Å². The maximum absolute atomic E-state index is 6.30. The van der Waals surface area contributed by atoms with Gasteiger partial charge in [0.15, 0.2) is 0 Å². The van der Waals surface area contributed by atoms with Gasteiger partial charge in [0, 0.05) is 22.1 Å². The van der Waals surface area contributed by atoms with Gasteiger partial charge in [0.25, 0.3) is 0 Å². The Hall–Kier alpha value is -5.40. The van der Waals surface area contributed by atoms with Gasteiger partial charge in [-0.15, -0.1) is 0 Å². The molecule has 1 heteroatoms. The first-order valence-electron chi connectivity index (χ1n) is 18.3. The van der Waals surface area contributed by atoms with Gasteiger partial charge >= 0.3 is 0 Å². The third-order valence-corrected chi connectivity index (χ3v) is 12.5. The van der Waals surface area contributed by atoms with Crippen LogP contribution in [-0.4, -0.2) is 0 Å². The van der Waals surface area contributed by atoms with E-state index in [0.29, 0.717) is 11.8 Å². The maximum Gasteiger partial charge on any atom is 0.136 e. The highest BCUT2D eigenvalue weighted by atomic mass is 16.3. The Kier molecular flexibility index (Phi) is 5.86. The van der Waals surface area contributed by atoms with Crippen molar-refractivity contribution in [3.05, 3.63) is 167 Å². The first-order chi connectivity index (χ1) is 24.5. The highest BCUT2D eigenvalue weighted by Crippen LogP contribution is 2.57. The zero-order chi connectivity index (χ0) is 33.1. The molecule has 1 heterocycles. The van der Waals surface area contributed by atoms with Gasteiger partial charge in [0.1, 0.15) is 11.2 Å². The van der Waals surface area contributed by atoms with Crippen molar-refractivity contribution in [1.29, 1.82) is 0 Å². The molecule has 7 aromatic rings. The van der Waals surface area contributed by atoms with E-state index in [-0.39, 0.29) is 5.41 Å². The van der Waals surface area contributed by atoms with Crippen molar-refractivity contribution >= 4 is 65.4 Å². The molecule has 2 unspecified atom stereocenters. The Bertz CT molecular complexity index is 2730. The molecule has 0 bridgehead atoms. The summed E-state index contributed by atoms with van der Waals surface area (Å²) in [4.78, 5) is 0. The van der Waals surface area contributed by atoms with E-state index in [1.165, 1.54) is 100 Å². The van der Waals surface area contributed by atoms with E-state index in [0.717, 1.165) is 24.0 Å². The van der Waals surface area contributed by atoms with Crippen LogP contribution in [0.25, 0.3) is 65.4 Å². The van der Waals surface area contributed by atoms with Crippen molar-refractivity contribution in [2.24, 2.45) is 5.92 Å². The van der Waals surface area contributed by atoms with Crippen molar-refractivity contribution in [3.63, 3.8) is 0 Å². The lowest BCUT2D eigenvalue weighted by Crippen LogP contribution is -2.17. The summed E-state index contributed by atoms with van der Waals surface area (Å²) in [6.07, 6.45) is 18.9. The van der Waals surface area contributed by atoms with Gasteiger partial charge in [-0.1, -0.05) is 129 Å². The third kappa shape index (κ3) is 3.95. The average molecular weight is 643 g/mol. The van der Waals surface area contributed by atoms with Crippen LogP contribution in [0.1, 0.15) is 67.7 Å². The van der Waals surface area contributed by atoms with E-state index in [2.05, 4.69) is 147 Å². The molecule has 4 aliphatic carbocycles. The lowest BCUT2D eigenvalue weighted by Gasteiger charge is -2.29. The number of hydrogen-bond donors (Lipinski definition) is 0. The number of fused-ring (bicyclic) bond motifs is 10. The van der Waals surface area contributed by atoms with Crippen LogP contribution < -0.4 is 0 Å². The van der Waals surface area contributed by atoms with Gasteiger partial charge < -0.3 is 4.42 Å². The van der Waals surface area contributed by atoms with E-state index < -0.39 is 0 Å². The van der Waals surface area contributed by atoms with Crippen molar-refractivity contribution in [2.45, 2.75) is 50.9 Å². The molecule has 4 aliphatic rings. The lowest BCUT2D eigenvalue weighted by molar-refractivity contribution is 0.573. The number of furan rings is 1. The summed E-state index contributed by atoms with van der Waals surface area (Å²) in [6, 6.07) is 36.4. The number of allylic oxidation sites excluding steroid dienone is 10. The quantitative estimate of drug-likeness (QED) is 0.171. The van der Waals surface area contributed by atoms with Crippen LogP contribution in [-0.2, 0) is 5.41 Å². The zero-order valence-electron chi connectivity index (χ0n) is 28.6. The summed E-state index contributed by atoms with van der Waals surface area (Å²) in [6.45, 7) is 4.84. The molecule has 240 valence electrons. The Morgan fingerprint density at radius 1 is 0.600 bits per heavy atom. The molecule has 0 radical (unpaired) electrons. The molecule has 1 nitrogen and oxygen atoms in total. The van der Waals surface area contributed by atoms with Crippen LogP contribution in [0.3, 0.4) is 0 Å². The Balaban J connectivity index is 1.08. The molecule has 50 heavy (non-hydrogen) atoms. The topological polar surface area (TPSA) is 13.1 Å². The van der Waals surface area contributed by atoms with Crippen molar-refractivity contribution in [2.75, 3.05) is 0 Å². The Morgan fingerprint density at radius 2 is 1.24 bits per heavy atom. The van der Waals surface area contributed by atoms with Crippen molar-refractivity contribution in [3.8, 4) is 0 Å². The molecule has 11 rings (SSSR count). The van der Waals surface area contributed by atoms with Crippen LogP contribution in [0, 0.1) is 5.92 Å². The molecule has 0 saturated carbocycles. The molecular weight excluding hydrogens is 605 g/mol. The first kappa shape index (κ1) is 28.4.